The lowest BCUT2D eigenvalue weighted by Crippen LogP contribution is -2.24. The molecule has 2 aromatic heterocycles. The fourth-order valence-corrected chi connectivity index (χ4v) is 2.72. The van der Waals surface area contributed by atoms with Crippen LogP contribution in [0.4, 0.5) is 0 Å². The van der Waals surface area contributed by atoms with E-state index < -0.39 is 0 Å². The van der Waals surface area contributed by atoms with E-state index in [2.05, 4.69) is 43.3 Å². The van der Waals surface area contributed by atoms with Crippen LogP contribution in [0.15, 0.2) is 38.3 Å². The molecule has 3 rings (SSSR count). The lowest BCUT2D eigenvalue weighted by atomic mass is 10.2. The van der Waals surface area contributed by atoms with Crippen molar-refractivity contribution in [1.82, 2.24) is 25.0 Å². The Morgan fingerprint density at radius 2 is 2.25 bits per heavy atom. The largest absolute Gasteiger partial charge is 0.339 e. The van der Waals surface area contributed by atoms with Crippen molar-refractivity contribution in [3.05, 3.63) is 51.1 Å². The number of aromatic nitrogens is 4. The fraction of sp³-hybridized carbons (Fsp3) is 0.375. The standard InChI is InChI=1S/C16H18BrN5O2/c1-10(18-2)7-14-20-15(24-21-14)5-6-22-9-19-13-4-3-11(17)8-12(13)16(22)23/h3-4,8-10,18H,5-7H2,1-2H3. The molecule has 0 bridgehead atoms. The fourth-order valence-electron chi connectivity index (χ4n) is 2.36. The number of hydrogen-bond acceptors (Lipinski definition) is 6. The molecule has 0 aliphatic rings. The van der Waals surface area contributed by atoms with E-state index in [1.54, 1.807) is 17.0 Å². The minimum absolute atomic E-state index is 0.0788. The van der Waals surface area contributed by atoms with Gasteiger partial charge < -0.3 is 9.84 Å². The number of nitrogens with zero attached hydrogens (tertiary/aromatic N) is 4. The molecular weight excluding hydrogens is 374 g/mol. The van der Waals surface area contributed by atoms with Gasteiger partial charge in [-0.15, -0.1) is 0 Å². The highest BCUT2D eigenvalue weighted by molar-refractivity contribution is 9.10. The summed E-state index contributed by atoms with van der Waals surface area (Å²) in [6, 6.07) is 5.75. The quantitative estimate of drug-likeness (QED) is 0.690. The molecule has 0 saturated heterocycles. The molecule has 0 spiro atoms. The van der Waals surface area contributed by atoms with Gasteiger partial charge in [0.05, 0.1) is 17.2 Å². The van der Waals surface area contributed by atoms with Crippen molar-refractivity contribution < 1.29 is 4.52 Å². The SMILES string of the molecule is CNC(C)Cc1noc(CCn2cnc3ccc(Br)cc3c2=O)n1. The molecule has 126 valence electrons. The maximum Gasteiger partial charge on any atom is 0.261 e. The molecule has 1 atom stereocenters. The second-order valence-corrected chi connectivity index (χ2v) is 6.57. The maximum absolute atomic E-state index is 12.5. The van der Waals surface area contributed by atoms with Gasteiger partial charge in [-0.1, -0.05) is 21.1 Å². The zero-order valence-corrected chi connectivity index (χ0v) is 15.1. The van der Waals surface area contributed by atoms with Gasteiger partial charge in [0.15, 0.2) is 5.82 Å². The van der Waals surface area contributed by atoms with Crippen LogP contribution in [0, 0.1) is 0 Å². The number of benzene rings is 1. The van der Waals surface area contributed by atoms with Crippen molar-refractivity contribution in [2.24, 2.45) is 0 Å². The Bertz CT molecular complexity index is 905. The summed E-state index contributed by atoms with van der Waals surface area (Å²) in [5.41, 5.74) is 0.602. The zero-order chi connectivity index (χ0) is 17.1. The van der Waals surface area contributed by atoms with E-state index in [4.69, 9.17) is 4.52 Å². The molecule has 1 unspecified atom stereocenters. The van der Waals surface area contributed by atoms with E-state index in [0.29, 0.717) is 42.0 Å². The number of likely N-dealkylation sites (N-methyl/N-ethyl adjacent to an activating group) is 1. The highest BCUT2D eigenvalue weighted by Gasteiger charge is 2.11. The van der Waals surface area contributed by atoms with Gasteiger partial charge in [-0.3, -0.25) is 9.36 Å². The van der Waals surface area contributed by atoms with Crippen LogP contribution in [0.1, 0.15) is 18.6 Å². The first-order chi connectivity index (χ1) is 11.6. The van der Waals surface area contributed by atoms with Gasteiger partial charge in [0.2, 0.25) is 5.89 Å². The van der Waals surface area contributed by atoms with E-state index in [9.17, 15) is 4.79 Å². The van der Waals surface area contributed by atoms with E-state index in [1.807, 2.05) is 19.2 Å². The predicted octanol–water partition coefficient (Wildman–Crippen LogP) is 1.94. The Kier molecular flexibility index (Phi) is 5.06. The van der Waals surface area contributed by atoms with E-state index in [0.717, 1.165) is 4.47 Å². The topological polar surface area (TPSA) is 85.8 Å². The van der Waals surface area contributed by atoms with Crippen LogP contribution in [-0.2, 0) is 19.4 Å². The van der Waals surface area contributed by atoms with E-state index in [1.165, 1.54) is 0 Å². The molecule has 0 saturated carbocycles. The summed E-state index contributed by atoms with van der Waals surface area (Å²) < 4.78 is 7.66. The van der Waals surface area contributed by atoms with Crippen LogP contribution in [-0.4, -0.2) is 32.8 Å². The van der Waals surface area contributed by atoms with Crippen molar-refractivity contribution in [1.29, 1.82) is 0 Å². The highest BCUT2D eigenvalue weighted by Crippen LogP contribution is 2.14. The third kappa shape index (κ3) is 3.70. The summed E-state index contributed by atoms with van der Waals surface area (Å²) in [4.78, 5) is 21.2. The molecule has 3 aromatic rings. The van der Waals surface area contributed by atoms with Gasteiger partial charge in [-0.05, 0) is 32.2 Å². The van der Waals surface area contributed by atoms with Crippen LogP contribution in [0.3, 0.4) is 0 Å². The second kappa shape index (κ2) is 7.23. The van der Waals surface area contributed by atoms with Gasteiger partial charge in [0.1, 0.15) is 0 Å². The third-order valence-electron chi connectivity index (χ3n) is 3.84. The van der Waals surface area contributed by atoms with Crippen molar-refractivity contribution >= 4 is 26.8 Å². The summed E-state index contributed by atoms with van der Waals surface area (Å²) in [5.74, 6) is 1.19. The lowest BCUT2D eigenvalue weighted by molar-refractivity contribution is 0.364. The van der Waals surface area contributed by atoms with Crippen LogP contribution in [0.2, 0.25) is 0 Å². The number of hydrogen-bond donors (Lipinski definition) is 1. The molecule has 0 radical (unpaired) electrons. The molecule has 1 N–H and O–H groups in total. The second-order valence-electron chi connectivity index (χ2n) is 5.65. The van der Waals surface area contributed by atoms with Crippen LogP contribution in [0.5, 0.6) is 0 Å². The monoisotopic (exact) mass is 391 g/mol. The molecule has 0 aliphatic heterocycles. The molecule has 0 aliphatic carbocycles. The van der Waals surface area contributed by atoms with Gasteiger partial charge in [0.25, 0.3) is 5.56 Å². The van der Waals surface area contributed by atoms with Gasteiger partial charge >= 0.3 is 0 Å². The molecule has 0 amide bonds. The average Bonchev–Trinajstić information content (AvgIpc) is 3.02. The highest BCUT2D eigenvalue weighted by atomic mass is 79.9. The Morgan fingerprint density at radius 1 is 1.42 bits per heavy atom. The van der Waals surface area contributed by atoms with Crippen molar-refractivity contribution in [3.8, 4) is 0 Å². The number of halogens is 1. The van der Waals surface area contributed by atoms with Crippen LogP contribution in [0.25, 0.3) is 10.9 Å². The maximum atomic E-state index is 12.5. The first-order valence-electron chi connectivity index (χ1n) is 7.70. The van der Waals surface area contributed by atoms with E-state index in [-0.39, 0.29) is 11.6 Å². The Labute approximate surface area is 147 Å². The Hall–Kier alpha value is -2.06. The first kappa shape index (κ1) is 16.8. The van der Waals surface area contributed by atoms with E-state index >= 15 is 0 Å². The molecule has 2 heterocycles. The van der Waals surface area contributed by atoms with Crippen LogP contribution < -0.4 is 10.9 Å². The predicted molar refractivity (Wildman–Crippen MR) is 93.9 cm³/mol. The minimum atomic E-state index is -0.0788. The van der Waals surface area contributed by atoms with Crippen molar-refractivity contribution in [3.63, 3.8) is 0 Å². The van der Waals surface area contributed by atoms with Gasteiger partial charge in [0, 0.05) is 29.9 Å². The first-order valence-corrected chi connectivity index (χ1v) is 8.49. The molecule has 8 heteroatoms. The summed E-state index contributed by atoms with van der Waals surface area (Å²) in [6.07, 6.45) is 2.74. The lowest BCUT2D eigenvalue weighted by Gasteiger charge is -2.05. The Balaban J connectivity index is 1.74. The number of nitrogens with one attached hydrogen (secondary N) is 1. The molecular formula is C16H18BrN5O2. The average molecular weight is 392 g/mol. The van der Waals surface area contributed by atoms with Crippen LogP contribution >= 0.6 is 15.9 Å². The number of fused-ring (bicyclic) bond motifs is 1. The smallest absolute Gasteiger partial charge is 0.261 e. The normalized spacial score (nSPS) is 12.6. The van der Waals surface area contributed by atoms with Gasteiger partial charge in [-0.25, -0.2) is 4.98 Å². The summed E-state index contributed by atoms with van der Waals surface area (Å²) >= 11 is 3.38. The molecule has 24 heavy (non-hydrogen) atoms. The number of aryl methyl sites for hydroxylation is 2. The van der Waals surface area contributed by atoms with Crippen molar-refractivity contribution in [2.45, 2.75) is 32.4 Å². The summed E-state index contributed by atoms with van der Waals surface area (Å²) in [7, 11) is 1.89. The summed E-state index contributed by atoms with van der Waals surface area (Å²) in [6.45, 7) is 2.49. The number of rotatable bonds is 6. The zero-order valence-electron chi connectivity index (χ0n) is 13.5. The molecule has 1 aromatic carbocycles. The molecule has 7 nitrogen and oxygen atoms in total. The van der Waals surface area contributed by atoms with Gasteiger partial charge in [-0.2, -0.15) is 4.98 Å². The minimum Gasteiger partial charge on any atom is -0.339 e. The third-order valence-corrected chi connectivity index (χ3v) is 4.34. The summed E-state index contributed by atoms with van der Waals surface area (Å²) in [5, 5.41) is 7.68. The van der Waals surface area contributed by atoms with Crippen molar-refractivity contribution in [2.75, 3.05) is 7.05 Å². The molecule has 0 fully saturated rings. The Morgan fingerprint density at radius 3 is 3.04 bits per heavy atom.